The molecule has 21 heavy (non-hydrogen) atoms. The van der Waals surface area contributed by atoms with E-state index in [1.165, 1.54) is 34.2 Å². The predicted octanol–water partition coefficient (Wildman–Crippen LogP) is 4.22. The first kappa shape index (κ1) is 14.2. The molecule has 110 valence electrons. The molecule has 2 aromatic rings. The lowest BCUT2D eigenvalue weighted by atomic mass is 9.88. The number of aryl methyl sites for hydroxylation is 3. The molecule has 0 saturated heterocycles. The van der Waals surface area contributed by atoms with E-state index in [1.807, 2.05) is 0 Å². The van der Waals surface area contributed by atoms with E-state index in [0.717, 1.165) is 18.6 Å². The first-order chi connectivity index (χ1) is 10.1. The Bertz CT molecular complexity index is 628. The Labute approximate surface area is 126 Å². The summed E-state index contributed by atoms with van der Waals surface area (Å²) >= 11 is 0. The van der Waals surface area contributed by atoms with E-state index in [9.17, 15) is 0 Å². The van der Waals surface area contributed by atoms with Crippen LogP contribution in [0.5, 0.6) is 5.75 Å². The molecule has 2 heteroatoms. The van der Waals surface area contributed by atoms with Crippen LogP contribution < -0.4 is 10.5 Å². The van der Waals surface area contributed by atoms with Gasteiger partial charge in [-0.1, -0.05) is 24.3 Å². The molecule has 0 radical (unpaired) electrons. The van der Waals surface area contributed by atoms with Gasteiger partial charge >= 0.3 is 0 Å². The summed E-state index contributed by atoms with van der Waals surface area (Å²) in [6.45, 7) is 4.88. The van der Waals surface area contributed by atoms with Gasteiger partial charge in [0.05, 0.1) is 0 Å². The molecule has 0 unspecified atom stereocenters. The van der Waals surface area contributed by atoms with Crippen LogP contribution in [-0.4, -0.2) is 0 Å². The Balaban J connectivity index is 1.78. The molecule has 3 rings (SSSR count). The molecule has 0 heterocycles. The van der Waals surface area contributed by atoms with Gasteiger partial charge in [0, 0.05) is 6.04 Å². The fourth-order valence-corrected chi connectivity index (χ4v) is 3.14. The summed E-state index contributed by atoms with van der Waals surface area (Å²) in [7, 11) is 0. The third-order valence-electron chi connectivity index (χ3n) is 4.51. The molecule has 0 amide bonds. The zero-order valence-corrected chi connectivity index (χ0v) is 12.9. The summed E-state index contributed by atoms with van der Waals surface area (Å²) < 4.78 is 6.01. The van der Waals surface area contributed by atoms with Crippen molar-refractivity contribution in [2.24, 2.45) is 5.73 Å². The van der Waals surface area contributed by atoms with Crippen molar-refractivity contribution in [1.29, 1.82) is 0 Å². The number of hydrogen-bond acceptors (Lipinski definition) is 2. The molecule has 0 aliphatic heterocycles. The third kappa shape index (κ3) is 2.96. The van der Waals surface area contributed by atoms with Crippen LogP contribution in [0.15, 0.2) is 36.4 Å². The standard InChI is InChI=1S/C19H23NO/c1-13-5-3-6-14(2)18(13)12-21-16-10-9-15-7-4-8-19(20)17(15)11-16/h3,5-6,9-11,19H,4,7-8,12,20H2,1-2H3/t19-/m0/s1. The van der Waals surface area contributed by atoms with Gasteiger partial charge in [-0.25, -0.2) is 0 Å². The van der Waals surface area contributed by atoms with E-state index in [1.54, 1.807) is 0 Å². The van der Waals surface area contributed by atoms with Gasteiger partial charge in [0.1, 0.15) is 12.4 Å². The first-order valence-corrected chi connectivity index (χ1v) is 7.71. The van der Waals surface area contributed by atoms with Crippen LogP contribution in [0.25, 0.3) is 0 Å². The van der Waals surface area contributed by atoms with Crippen molar-refractivity contribution < 1.29 is 4.74 Å². The minimum absolute atomic E-state index is 0.164. The second-order valence-corrected chi connectivity index (χ2v) is 6.02. The lowest BCUT2D eigenvalue weighted by Gasteiger charge is -2.23. The van der Waals surface area contributed by atoms with Gasteiger partial charge in [0.25, 0.3) is 0 Å². The molecule has 1 aliphatic rings. The summed E-state index contributed by atoms with van der Waals surface area (Å²) in [6.07, 6.45) is 3.41. The smallest absolute Gasteiger partial charge is 0.120 e. The Morgan fingerprint density at radius 1 is 1.14 bits per heavy atom. The van der Waals surface area contributed by atoms with Gasteiger partial charge in [-0.2, -0.15) is 0 Å². The van der Waals surface area contributed by atoms with Crippen molar-refractivity contribution in [2.45, 2.75) is 45.8 Å². The van der Waals surface area contributed by atoms with Crippen LogP contribution >= 0.6 is 0 Å². The number of benzene rings is 2. The van der Waals surface area contributed by atoms with Crippen molar-refractivity contribution in [2.75, 3.05) is 0 Å². The zero-order valence-electron chi connectivity index (χ0n) is 12.9. The summed E-state index contributed by atoms with van der Waals surface area (Å²) in [5.41, 5.74) is 12.7. The summed E-state index contributed by atoms with van der Waals surface area (Å²) in [4.78, 5) is 0. The van der Waals surface area contributed by atoms with Crippen molar-refractivity contribution in [3.8, 4) is 5.75 Å². The van der Waals surface area contributed by atoms with Crippen LogP contribution in [0.2, 0.25) is 0 Å². The normalized spacial score (nSPS) is 17.4. The Morgan fingerprint density at radius 3 is 2.67 bits per heavy atom. The maximum atomic E-state index is 6.22. The van der Waals surface area contributed by atoms with Crippen LogP contribution in [0.3, 0.4) is 0 Å². The van der Waals surface area contributed by atoms with Crippen molar-refractivity contribution in [1.82, 2.24) is 0 Å². The van der Waals surface area contributed by atoms with Crippen LogP contribution in [0.1, 0.15) is 46.7 Å². The fraction of sp³-hybridized carbons (Fsp3) is 0.368. The second kappa shape index (κ2) is 5.90. The first-order valence-electron chi connectivity index (χ1n) is 7.71. The maximum Gasteiger partial charge on any atom is 0.120 e. The van der Waals surface area contributed by atoms with Gasteiger partial charge in [-0.15, -0.1) is 0 Å². The van der Waals surface area contributed by atoms with Gasteiger partial charge < -0.3 is 10.5 Å². The monoisotopic (exact) mass is 281 g/mol. The van der Waals surface area contributed by atoms with Crippen LogP contribution in [0.4, 0.5) is 0 Å². The molecule has 1 aliphatic carbocycles. The highest BCUT2D eigenvalue weighted by Crippen LogP contribution is 2.31. The highest BCUT2D eigenvalue weighted by Gasteiger charge is 2.17. The van der Waals surface area contributed by atoms with Crippen molar-refractivity contribution >= 4 is 0 Å². The topological polar surface area (TPSA) is 35.2 Å². The minimum atomic E-state index is 0.164. The van der Waals surface area contributed by atoms with E-state index < -0.39 is 0 Å². The Kier molecular flexibility index (Phi) is 3.98. The largest absolute Gasteiger partial charge is 0.489 e. The highest BCUT2D eigenvalue weighted by molar-refractivity contribution is 5.39. The molecular formula is C19H23NO. The highest BCUT2D eigenvalue weighted by atomic mass is 16.5. The third-order valence-corrected chi connectivity index (χ3v) is 4.51. The fourth-order valence-electron chi connectivity index (χ4n) is 3.14. The second-order valence-electron chi connectivity index (χ2n) is 6.02. The van der Waals surface area contributed by atoms with Gasteiger partial charge in [0.15, 0.2) is 0 Å². The number of rotatable bonds is 3. The van der Waals surface area contributed by atoms with E-state index in [4.69, 9.17) is 10.5 Å². The minimum Gasteiger partial charge on any atom is -0.489 e. The van der Waals surface area contributed by atoms with Crippen LogP contribution in [0, 0.1) is 13.8 Å². The molecule has 0 bridgehead atoms. The zero-order chi connectivity index (χ0) is 14.8. The molecule has 0 fully saturated rings. The molecule has 0 aromatic heterocycles. The molecular weight excluding hydrogens is 258 g/mol. The van der Waals surface area contributed by atoms with E-state index in [-0.39, 0.29) is 6.04 Å². The molecule has 0 saturated carbocycles. The molecule has 1 atom stereocenters. The molecule has 2 N–H and O–H groups in total. The molecule has 2 nitrogen and oxygen atoms in total. The quantitative estimate of drug-likeness (QED) is 0.914. The Hall–Kier alpha value is -1.80. The van der Waals surface area contributed by atoms with Gasteiger partial charge in [0.2, 0.25) is 0 Å². The number of ether oxygens (including phenoxy) is 1. The molecule has 0 spiro atoms. The maximum absolute atomic E-state index is 6.22. The number of hydrogen-bond donors (Lipinski definition) is 1. The van der Waals surface area contributed by atoms with E-state index >= 15 is 0 Å². The van der Waals surface area contributed by atoms with Crippen molar-refractivity contribution in [3.05, 3.63) is 64.2 Å². The van der Waals surface area contributed by atoms with Crippen LogP contribution in [-0.2, 0) is 13.0 Å². The Morgan fingerprint density at radius 2 is 1.90 bits per heavy atom. The van der Waals surface area contributed by atoms with Crippen molar-refractivity contribution in [3.63, 3.8) is 0 Å². The predicted molar refractivity (Wildman–Crippen MR) is 86.6 cm³/mol. The van der Waals surface area contributed by atoms with Gasteiger partial charge in [-0.05, 0) is 73.1 Å². The average molecular weight is 281 g/mol. The van der Waals surface area contributed by atoms with Gasteiger partial charge in [-0.3, -0.25) is 0 Å². The summed E-state index contributed by atoms with van der Waals surface area (Å²) in [6, 6.07) is 12.9. The number of nitrogens with two attached hydrogens (primary N) is 1. The lowest BCUT2D eigenvalue weighted by Crippen LogP contribution is -2.17. The number of fused-ring (bicyclic) bond motifs is 1. The summed E-state index contributed by atoms with van der Waals surface area (Å²) in [5.74, 6) is 0.925. The SMILES string of the molecule is Cc1cccc(C)c1COc1ccc2c(c1)[C@@H](N)CCC2. The molecule has 2 aromatic carbocycles. The lowest BCUT2D eigenvalue weighted by molar-refractivity contribution is 0.303. The van der Waals surface area contributed by atoms with E-state index in [0.29, 0.717) is 6.61 Å². The summed E-state index contributed by atoms with van der Waals surface area (Å²) in [5, 5.41) is 0. The average Bonchev–Trinajstić information content (AvgIpc) is 2.47. The van der Waals surface area contributed by atoms with E-state index in [2.05, 4.69) is 50.2 Å².